The first kappa shape index (κ1) is 21.1. The minimum Gasteiger partial charge on any atom is -0.371 e. The van der Waals surface area contributed by atoms with Crippen molar-refractivity contribution in [1.82, 2.24) is 10.2 Å². The van der Waals surface area contributed by atoms with Crippen LogP contribution in [0.5, 0.6) is 0 Å². The van der Waals surface area contributed by atoms with Crippen LogP contribution in [0, 0.1) is 5.92 Å². The minimum atomic E-state index is -0.620. The van der Waals surface area contributed by atoms with E-state index < -0.39 is 6.04 Å². The van der Waals surface area contributed by atoms with E-state index in [0.29, 0.717) is 31.7 Å². The van der Waals surface area contributed by atoms with Crippen LogP contribution in [0.2, 0.25) is 0 Å². The topological polar surface area (TPSA) is 114 Å². The van der Waals surface area contributed by atoms with Crippen molar-refractivity contribution in [1.29, 1.82) is 0 Å². The number of nitrogens with zero attached hydrogens (tertiary/aromatic N) is 2. The molecule has 9 nitrogen and oxygen atoms in total. The van der Waals surface area contributed by atoms with E-state index in [9.17, 15) is 14.4 Å². The van der Waals surface area contributed by atoms with E-state index in [-0.39, 0.29) is 48.4 Å². The summed E-state index contributed by atoms with van der Waals surface area (Å²) in [6.45, 7) is 2.27. The maximum absolute atomic E-state index is 13.3. The lowest BCUT2D eigenvalue weighted by Gasteiger charge is -2.35. The molecular weight excluding hydrogens is 424 g/mol. The number of carbonyl (C=O) groups excluding carboxylic acids is 3. The second-order valence-corrected chi connectivity index (χ2v) is 9.96. The van der Waals surface area contributed by atoms with E-state index in [1.54, 1.807) is 4.90 Å². The van der Waals surface area contributed by atoms with Gasteiger partial charge in [0.2, 0.25) is 11.8 Å². The number of nitrogens with one attached hydrogen (secondary N) is 1. The third-order valence-electron chi connectivity index (χ3n) is 7.81. The monoisotopic (exact) mass is 454 g/mol. The summed E-state index contributed by atoms with van der Waals surface area (Å²) >= 11 is 0. The zero-order valence-electron chi connectivity index (χ0n) is 18.6. The second kappa shape index (κ2) is 8.07. The first-order valence-corrected chi connectivity index (χ1v) is 12.0. The van der Waals surface area contributed by atoms with Crippen molar-refractivity contribution in [3.05, 3.63) is 29.3 Å². The van der Waals surface area contributed by atoms with Gasteiger partial charge in [0, 0.05) is 36.3 Å². The number of nitrogens with two attached hydrogens (primary N) is 1. The minimum absolute atomic E-state index is 0.0357. The zero-order chi connectivity index (χ0) is 22.7. The van der Waals surface area contributed by atoms with Crippen LogP contribution < -0.4 is 16.0 Å². The molecule has 3 saturated heterocycles. The maximum Gasteiger partial charge on any atom is 0.255 e. The summed E-state index contributed by atoms with van der Waals surface area (Å²) in [5.74, 6) is -0.0586. The Bertz CT molecular complexity index is 995. The van der Waals surface area contributed by atoms with Crippen molar-refractivity contribution in [2.75, 3.05) is 24.7 Å². The second-order valence-electron chi connectivity index (χ2n) is 9.96. The molecule has 4 fully saturated rings. The molecule has 33 heavy (non-hydrogen) atoms. The molecule has 1 aromatic rings. The highest BCUT2D eigenvalue weighted by atomic mass is 16.6. The number of benzene rings is 1. The number of fused-ring (bicyclic) bond motifs is 2. The van der Waals surface area contributed by atoms with E-state index >= 15 is 0 Å². The van der Waals surface area contributed by atoms with Crippen LogP contribution in [0.4, 0.5) is 5.69 Å². The molecule has 0 aromatic heterocycles. The highest BCUT2D eigenvalue weighted by molar-refractivity contribution is 6.06. The van der Waals surface area contributed by atoms with Gasteiger partial charge in [0.05, 0.1) is 25.3 Å². The van der Waals surface area contributed by atoms with Gasteiger partial charge in [-0.1, -0.05) is 18.9 Å². The van der Waals surface area contributed by atoms with E-state index in [1.807, 2.05) is 12.1 Å². The van der Waals surface area contributed by atoms with Gasteiger partial charge in [-0.25, -0.2) is 0 Å². The van der Waals surface area contributed by atoms with E-state index in [4.69, 9.17) is 15.2 Å². The van der Waals surface area contributed by atoms with Crippen LogP contribution in [0.3, 0.4) is 0 Å². The van der Waals surface area contributed by atoms with Crippen LogP contribution >= 0.6 is 0 Å². The number of imide groups is 1. The molecule has 3 amide bonds. The molecule has 1 saturated carbocycles. The SMILES string of the molecule is N[C@H]1CO[C@H]2[C@@H]1OC[C@@H]2N(CCC1CC1)c1cccc2c1CN(C1CCC(=O)NC1=O)C2=O. The molecule has 6 rings (SSSR count). The molecule has 9 heteroatoms. The summed E-state index contributed by atoms with van der Waals surface area (Å²) in [6, 6.07) is 5.12. The van der Waals surface area contributed by atoms with Crippen molar-refractivity contribution in [2.45, 2.75) is 69.0 Å². The van der Waals surface area contributed by atoms with Gasteiger partial charge >= 0.3 is 0 Å². The number of ether oxygens (including phenoxy) is 2. The first-order chi connectivity index (χ1) is 16.0. The van der Waals surface area contributed by atoms with Gasteiger partial charge in [-0.3, -0.25) is 19.7 Å². The predicted octanol–water partition coefficient (Wildman–Crippen LogP) is 0.548. The molecule has 4 heterocycles. The quantitative estimate of drug-likeness (QED) is 0.604. The zero-order valence-corrected chi connectivity index (χ0v) is 18.6. The number of hydrogen-bond donors (Lipinski definition) is 2. The fourth-order valence-corrected chi connectivity index (χ4v) is 5.81. The van der Waals surface area contributed by atoms with Gasteiger partial charge in [-0.05, 0) is 30.9 Å². The third-order valence-corrected chi connectivity index (χ3v) is 7.81. The Hall–Kier alpha value is -2.49. The lowest BCUT2D eigenvalue weighted by atomic mass is 10.0. The van der Waals surface area contributed by atoms with Crippen LogP contribution in [-0.2, 0) is 25.6 Å². The predicted molar refractivity (Wildman–Crippen MR) is 118 cm³/mol. The molecule has 176 valence electrons. The molecule has 1 aliphatic carbocycles. The molecular formula is C24H30N4O5. The Balaban J connectivity index is 1.31. The molecule has 0 bridgehead atoms. The summed E-state index contributed by atoms with van der Waals surface area (Å²) in [7, 11) is 0. The molecule has 1 aromatic carbocycles. The molecule has 0 spiro atoms. The lowest BCUT2D eigenvalue weighted by Crippen LogP contribution is -2.52. The third kappa shape index (κ3) is 3.62. The molecule has 1 unspecified atom stereocenters. The van der Waals surface area contributed by atoms with Crippen molar-refractivity contribution in [2.24, 2.45) is 11.7 Å². The number of piperidine rings is 1. The summed E-state index contributed by atoms with van der Waals surface area (Å²) in [6.07, 6.45) is 4.06. The van der Waals surface area contributed by atoms with Crippen LogP contribution in [0.15, 0.2) is 18.2 Å². The standard InChI is InChI=1S/C24H30N4O5/c25-16-11-32-22-19(12-33-21(16)22)27(9-8-13-4-5-13)17-3-1-2-14-15(17)10-28(24(14)31)18-6-7-20(29)26-23(18)30/h1-3,13,16,18-19,21-22H,4-12,25H2,(H,26,29,30)/t16-,18?,19-,21+,22+/m0/s1. The smallest absolute Gasteiger partial charge is 0.255 e. The largest absolute Gasteiger partial charge is 0.371 e. The van der Waals surface area contributed by atoms with Crippen LogP contribution in [-0.4, -0.2) is 72.7 Å². The van der Waals surface area contributed by atoms with Crippen molar-refractivity contribution < 1.29 is 23.9 Å². The number of rotatable bonds is 6. The number of amides is 3. The van der Waals surface area contributed by atoms with E-state index in [2.05, 4.69) is 16.3 Å². The number of hydrogen-bond acceptors (Lipinski definition) is 7. The number of carbonyl (C=O) groups is 3. The van der Waals surface area contributed by atoms with Gasteiger partial charge in [0.1, 0.15) is 18.2 Å². The summed E-state index contributed by atoms with van der Waals surface area (Å²) < 4.78 is 12.1. The molecule has 5 atom stereocenters. The van der Waals surface area contributed by atoms with Crippen LogP contribution in [0.1, 0.15) is 48.0 Å². The summed E-state index contributed by atoms with van der Waals surface area (Å²) in [5, 5.41) is 2.38. The summed E-state index contributed by atoms with van der Waals surface area (Å²) in [5.41, 5.74) is 8.78. The number of anilines is 1. The van der Waals surface area contributed by atoms with Gasteiger partial charge in [0.15, 0.2) is 0 Å². The van der Waals surface area contributed by atoms with Crippen molar-refractivity contribution >= 4 is 23.4 Å². The van der Waals surface area contributed by atoms with Gasteiger partial charge in [-0.15, -0.1) is 0 Å². The van der Waals surface area contributed by atoms with Crippen molar-refractivity contribution in [3.8, 4) is 0 Å². The average Bonchev–Trinajstić information content (AvgIpc) is 3.28. The molecule has 0 radical (unpaired) electrons. The molecule has 5 aliphatic rings. The van der Waals surface area contributed by atoms with Crippen LogP contribution in [0.25, 0.3) is 0 Å². The van der Waals surface area contributed by atoms with E-state index in [1.165, 1.54) is 12.8 Å². The highest BCUT2D eigenvalue weighted by Crippen LogP contribution is 2.40. The first-order valence-electron chi connectivity index (χ1n) is 12.0. The average molecular weight is 455 g/mol. The van der Waals surface area contributed by atoms with E-state index in [0.717, 1.165) is 30.1 Å². The normalized spacial score (nSPS) is 33.3. The fourth-order valence-electron chi connectivity index (χ4n) is 5.81. The maximum atomic E-state index is 13.3. The summed E-state index contributed by atoms with van der Waals surface area (Å²) in [4.78, 5) is 41.3. The Morgan fingerprint density at radius 2 is 1.91 bits per heavy atom. The van der Waals surface area contributed by atoms with Gasteiger partial charge < -0.3 is 25.0 Å². The lowest BCUT2D eigenvalue weighted by molar-refractivity contribution is -0.136. The Labute approximate surface area is 192 Å². The Kier molecular flexibility index (Phi) is 5.15. The Morgan fingerprint density at radius 1 is 1.09 bits per heavy atom. The molecule has 3 N–H and O–H groups in total. The molecule has 4 aliphatic heterocycles. The van der Waals surface area contributed by atoms with Crippen molar-refractivity contribution in [3.63, 3.8) is 0 Å². The highest BCUT2D eigenvalue weighted by Gasteiger charge is 2.49. The van der Waals surface area contributed by atoms with Gasteiger partial charge in [-0.2, -0.15) is 0 Å². The van der Waals surface area contributed by atoms with Gasteiger partial charge in [0.25, 0.3) is 5.91 Å². The Morgan fingerprint density at radius 3 is 2.70 bits per heavy atom. The fraction of sp³-hybridized carbons (Fsp3) is 0.625.